The van der Waals surface area contributed by atoms with Crippen molar-refractivity contribution in [2.24, 2.45) is 4.99 Å². The molecule has 0 fully saturated rings. The molecule has 27 heavy (non-hydrogen) atoms. The molecule has 1 aromatic heterocycles. The van der Waals surface area contributed by atoms with Crippen LogP contribution in [0.25, 0.3) is 0 Å². The molecule has 0 aliphatic carbocycles. The zero-order valence-electron chi connectivity index (χ0n) is 14.4. The van der Waals surface area contributed by atoms with E-state index in [1.807, 2.05) is 30.3 Å². The summed E-state index contributed by atoms with van der Waals surface area (Å²) in [5, 5.41) is 8.88. The molecule has 2 aromatic carbocycles. The lowest BCUT2D eigenvalue weighted by molar-refractivity contribution is 0.0658. The van der Waals surface area contributed by atoms with E-state index in [0.717, 1.165) is 15.7 Å². The van der Waals surface area contributed by atoms with Crippen molar-refractivity contribution in [3.05, 3.63) is 76.2 Å². The third kappa shape index (κ3) is 4.77. The fourth-order valence-electron chi connectivity index (χ4n) is 2.30. The van der Waals surface area contributed by atoms with Gasteiger partial charge in [-0.1, -0.05) is 12.1 Å². The van der Waals surface area contributed by atoms with Crippen LogP contribution < -0.4 is 9.47 Å². The molecule has 0 aliphatic rings. The average molecular weight is 430 g/mol. The molecule has 0 atom stereocenters. The highest BCUT2D eigenvalue weighted by Crippen LogP contribution is 2.29. The molecule has 0 unspecified atom stereocenters. The molecule has 1 heterocycles. The van der Waals surface area contributed by atoms with E-state index in [-0.39, 0.29) is 12.4 Å². The summed E-state index contributed by atoms with van der Waals surface area (Å²) in [7, 11) is 1.55. The largest absolute Gasteiger partial charge is 0.493 e. The Morgan fingerprint density at radius 3 is 2.70 bits per heavy atom. The fourth-order valence-corrected chi connectivity index (χ4v) is 2.69. The monoisotopic (exact) mass is 429 g/mol. The predicted molar refractivity (Wildman–Crippen MR) is 104 cm³/mol. The van der Waals surface area contributed by atoms with Crippen LogP contribution in [0.4, 0.5) is 5.69 Å². The molecule has 138 valence electrons. The van der Waals surface area contributed by atoms with Gasteiger partial charge in [-0.05, 0) is 64.0 Å². The molecule has 1 N–H and O–H groups in total. The minimum Gasteiger partial charge on any atom is -0.493 e. The van der Waals surface area contributed by atoms with E-state index in [0.29, 0.717) is 17.3 Å². The van der Waals surface area contributed by atoms with Crippen LogP contribution in [-0.2, 0) is 6.61 Å². The average Bonchev–Trinajstić information content (AvgIpc) is 3.15. The Hall–Kier alpha value is -3.06. The minimum atomic E-state index is -1.12. The molecule has 0 saturated heterocycles. The molecule has 7 heteroatoms. The van der Waals surface area contributed by atoms with Crippen LogP contribution in [0.1, 0.15) is 21.9 Å². The second-order valence-corrected chi connectivity index (χ2v) is 6.33. The third-order valence-electron chi connectivity index (χ3n) is 3.64. The number of nitrogens with zero attached hydrogens (tertiary/aromatic N) is 1. The van der Waals surface area contributed by atoms with Gasteiger partial charge in [0.15, 0.2) is 11.5 Å². The van der Waals surface area contributed by atoms with Crippen molar-refractivity contribution in [3.8, 4) is 11.5 Å². The summed E-state index contributed by atoms with van der Waals surface area (Å²) in [6.45, 7) is 0.0913. The SMILES string of the molecule is COc1cc(C=Nc2ccccc2Br)ccc1OCc1ccc(C(=O)O)o1. The van der Waals surface area contributed by atoms with Gasteiger partial charge < -0.3 is 19.0 Å². The Morgan fingerprint density at radius 2 is 2.00 bits per heavy atom. The van der Waals surface area contributed by atoms with Gasteiger partial charge in [0.05, 0.1) is 12.8 Å². The van der Waals surface area contributed by atoms with Crippen LogP contribution in [0.2, 0.25) is 0 Å². The zero-order chi connectivity index (χ0) is 19.2. The molecule has 0 bridgehead atoms. The van der Waals surface area contributed by atoms with Crippen molar-refractivity contribution in [2.45, 2.75) is 6.61 Å². The predicted octanol–water partition coefficient (Wildman–Crippen LogP) is 5.08. The minimum absolute atomic E-state index is 0.0913. The van der Waals surface area contributed by atoms with Gasteiger partial charge in [0.25, 0.3) is 0 Å². The summed E-state index contributed by atoms with van der Waals surface area (Å²) in [6.07, 6.45) is 1.73. The first-order valence-electron chi connectivity index (χ1n) is 7.98. The molecule has 0 radical (unpaired) electrons. The highest BCUT2D eigenvalue weighted by molar-refractivity contribution is 9.10. The number of ether oxygens (including phenoxy) is 2. The number of hydrogen-bond acceptors (Lipinski definition) is 5. The quantitative estimate of drug-likeness (QED) is 0.529. The molecule has 6 nitrogen and oxygen atoms in total. The maximum atomic E-state index is 10.8. The lowest BCUT2D eigenvalue weighted by atomic mass is 10.2. The standard InChI is InChI=1S/C20H16BrNO5/c1-25-19-10-13(11-22-16-5-3-2-4-15(16)21)6-8-17(19)26-12-14-7-9-18(27-14)20(23)24/h2-11H,12H2,1H3,(H,23,24). The van der Waals surface area contributed by atoms with E-state index in [2.05, 4.69) is 20.9 Å². The second-order valence-electron chi connectivity index (χ2n) is 5.48. The van der Waals surface area contributed by atoms with Crippen LogP contribution in [-0.4, -0.2) is 24.4 Å². The molecule has 0 saturated carbocycles. The summed E-state index contributed by atoms with van der Waals surface area (Å²) in [6, 6.07) is 16.0. The van der Waals surface area contributed by atoms with Crippen molar-refractivity contribution in [1.82, 2.24) is 0 Å². The molecule has 0 spiro atoms. The van der Waals surface area contributed by atoms with Crippen LogP contribution in [0.3, 0.4) is 0 Å². The number of carbonyl (C=O) groups is 1. The molecular formula is C20H16BrNO5. The number of benzene rings is 2. The Morgan fingerprint density at radius 1 is 1.19 bits per heavy atom. The van der Waals surface area contributed by atoms with Gasteiger partial charge in [-0.25, -0.2) is 4.79 Å². The summed E-state index contributed by atoms with van der Waals surface area (Å²) in [5.74, 6) is 0.223. The van der Waals surface area contributed by atoms with E-state index in [4.69, 9.17) is 19.0 Å². The molecule has 3 rings (SSSR count). The van der Waals surface area contributed by atoms with E-state index in [1.165, 1.54) is 6.07 Å². The first-order valence-corrected chi connectivity index (χ1v) is 8.77. The summed E-state index contributed by atoms with van der Waals surface area (Å²) in [4.78, 5) is 15.3. The lowest BCUT2D eigenvalue weighted by Gasteiger charge is -2.10. The highest BCUT2D eigenvalue weighted by Gasteiger charge is 2.11. The van der Waals surface area contributed by atoms with Crippen LogP contribution in [0.15, 0.2) is 68.5 Å². The normalized spacial score (nSPS) is 10.9. The molecule has 0 aliphatic heterocycles. The summed E-state index contributed by atoms with van der Waals surface area (Å²) >= 11 is 3.46. The molecule has 3 aromatic rings. The van der Waals surface area contributed by atoms with E-state index < -0.39 is 5.97 Å². The Bertz CT molecular complexity index is 980. The number of halogens is 1. The third-order valence-corrected chi connectivity index (χ3v) is 4.31. The Kier molecular flexibility index (Phi) is 5.93. The fraction of sp³-hybridized carbons (Fsp3) is 0.100. The number of methoxy groups -OCH3 is 1. The van der Waals surface area contributed by atoms with Crippen molar-refractivity contribution < 1.29 is 23.8 Å². The first kappa shape index (κ1) is 18.7. The van der Waals surface area contributed by atoms with Crippen LogP contribution in [0, 0.1) is 0 Å². The smallest absolute Gasteiger partial charge is 0.371 e. The Balaban J connectivity index is 1.72. The number of aromatic carboxylic acids is 1. The Labute approximate surface area is 164 Å². The second kappa shape index (κ2) is 8.55. The number of hydrogen-bond donors (Lipinski definition) is 1. The van der Waals surface area contributed by atoms with E-state index in [9.17, 15) is 4.79 Å². The maximum Gasteiger partial charge on any atom is 0.371 e. The summed E-state index contributed by atoms with van der Waals surface area (Å²) in [5.41, 5.74) is 1.67. The van der Waals surface area contributed by atoms with E-state index >= 15 is 0 Å². The van der Waals surface area contributed by atoms with Gasteiger partial charge in [-0.15, -0.1) is 0 Å². The van der Waals surface area contributed by atoms with Gasteiger partial charge in [0.2, 0.25) is 5.76 Å². The van der Waals surface area contributed by atoms with Crippen LogP contribution >= 0.6 is 15.9 Å². The van der Waals surface area contributed by atoms with Crippen molar-refractivity contribution in [2.75, 3.05) is 7.11 Å². The number of rotatable bonds is 7. The van der Waals surface area contributed by atoms with Gasteiger partial charge in [-0.2, -0.15) is 0 Å². The van der Waals surface area contributed by atoms with Crippen molar-refractivity contribution in [3.63, 3.8) is 0 Å². The number of carboxylic acid groups (broad SMARTS) is 1. The highest BCUT2D eigenvalue weighted by atomic mass is 79.9. The number of aliphatic imine (C=N–C) groups is 1. The van der Waals surface area contributed by atoms with Crippen molar-refractivity contribution >= 4 is 33.8 Å². The van der Waals surface area contributed by atoms with Gasteiger partial charge in [0, 0.05) is 10.7 Å². The molecule has 0 amide bonds. The van der Waals surface area contributed by atoms with Crippen LogP contribution in [0.5, 0.6) is 11.5 Å². The van der Waals surface area contributed by atoms with E-state index in [1.54, 1.807) is 31.5 Å². The van der Waals surface area contributed by atoms with Gasteiger partial charge in [-0.3, -0.25) is 4.99 Å². The van der Waals surface area contributed by atoms with Crippen molar-refractivity contribution in [1.29, 1.82) is 0 Å². The molecular weight excluding hydrogens is 414 g/mol. The summed E-state index contributed by atoms with van der Waals surface area (Å²) < 4.78 is 17.1. The number of carboxylic acids is 1. The van der Waals surface area contributed by atoms with Gasteiger partial charge in [0.1, 0.15) is 12.4 Å². The van der Waals surface area contributed by atoms with Gasteiger partial charge >= 0.3 is 5.97 Å². The topological polar surface area (TPSA) is 81.3 Å². The lowest BCUT2D eigenvalue weighted by Crippen LogP contribution is -1.98. The number of furan rings is 1. The zero-order valence-corrected chi connectivity index (χ0v) is 16.0. The maximum absolute atomic E-state index is 10.8. The number of para-hydroxylation sites is 1. The first-order chi connectivity index (χ1) is 13.1.